The number of hydrogen-bond acceptors (Lipinski definition) is 3. The van der Waals surface area contributed by atoms with Gasteiger partial charge in [0.25, 0.3) is 0 Å². The molecule has 1 aromatic heterocycles. The molecule has 2 unspecified atom stereocenters. The molecule has 0 spiro atoms. The molecule has 0 bridgehead atoms. The third-order valence-corrected chi connectivity index (χ3v) is 4.15. The normalized spacial score (nSPS) is 18.2. The van der Waals surface area contributed by atoms with Gasteiger partial charge in [-0.1, -0.05) is 36.4 Å². The maximum Gasteiger partial charge on any atom is 0.123 e. The van der Waals surface area contributed by atoms with Gasteiger partial charge in [-0.25, -0.2) is 0 Å². The Morgan fingerprint density at radius 2 is 2.00 bits per heavy atom. The summed E-state index contributed by atoms with van der Waals surface area (Å²) in [7, 11) is 0. The predicted molar refractivity (Wildman–Crippen MR) is 81.4 cm³/mol. The molecule has 1 aliphatic rings. The second kappa shape index (κ2) is 4.86. The zero-order valence-corrected chi connectivity index (χ0v) is 11.4. The Morgan fingerprint density at radius 1 is 1.10 bits per heavy atom. The van der Waals surface area contributed by atoms with Crippen molar-refractivity contribution in [1.29, 1.82) is 0 Å². The van der Waals surface area contributed by atoms with Gasteiger partial charge in [-0.2, -0.15) is 0 Å². The van der Waals surface area contributed by atoms with E-state index in [1.54, 1.807) is 6.20 Å². The van der Waals surface area contributed by atoms with Crippen LogP contribution in [0.2, 0.25) is 0 Å². The van der Waals surface area contributed by atoms with Crippen molar-refractivity contribution in [3.8, 4) is 5.75 Å². The van der Waals surface area contributed by atoms with Gasteiger partial charge in [0.05, 0.1) is 18.6 Å². The Morgan fingerprint density at radius 3 is 2.95 bits per heavy atom. The zero-order chi connectivity index (χ0) is 14.2. The van der Waals surface area contributed by atoms with Gasteiger partial charge in [0.15, 0.2) is 0 Å². The van der Waals surface area contributed by atoms with Crippen molar-refractivity contribution in [2.24, 2.45) is 0 Å². The molecule has 0 amide bonds. The molecular formula is C18H15NO2. The van der Waals surface area contributed by atoms with Crippen LogP contribution in [0, 0.1) is 0 Å². The second-order valence-electron chi connectivity index (χ2n) is 5.34. The van der Waals surface area contributed by atoms with E-state index in [0.29, 0.717) is 6.61 Å². The SMILES string of the molecule is OC(c1cccc2ccncc12)C1COc2ccccc21. The fourth-order valence-electron chi connectivity index (χ4n) is 3.06. The van der Waals surface area contributed by atoms with E-state index < -0.39 is 6.10 Å². The first-order valence-corrected chi connectivity index (χ1v) is 7.07. The smallest absolute Gasteiger partial charge is 0.123 e. The minimum atomic E-state index is -0.596. The fourth-order valence-corrected chi connectivity index (χ4v) is 3.06. The third kappa shape index (κ3) is 1.98. The molecule has 3 aromatic rings. The summed E-state index contributed by atoms with van der Waals surface area (Å²) in [5, 5.41) is 12.9. The van der Waals surface area contributed by atoms with Gasteiger partial charge in [0.2, 0.25) is 0 Å². The highest BCUT2D eigenvalue weighted by atomic mass is 16.5. The Labute approximate surface area is 122 Å². The quantitative estimate of drug-likeness (QED) is 0.780. The summed E-state index contributed by atoms with van der Waals surface area (Å²) in [5.74, 6) is 0.840. The number of hydrogen-bond donors (Lipinski definition) is 1. The molecule has 0 aliphatic carbocycles. The number of benzene rings is 2. The van der Waals surface area contributed by atoms with Crippen molar-refractivity contribution in [3.05, 3.63) is 72.1 Å². The van der Waals surface area contributed by atoms with E-state index in [4.69, 9.17) is 4.74 Å². The first-order chi connectivity index (χ1) is 10.3. The highest BCUT2D eigenvalue weighted by Gasteiger charge is 2.31. The van der Waals surface area contributed by atoms with Crippen LogP contribution in [0.4, 0.5) is 0 Å². The molecule has 1 N–H and O–H groups in total. The summed E-state index contributed by atoms with van der Waals surface area (Å²) in [6.45, 7) is 0.511. The fraction of sp³-hybridized carbons (Fsp3) is 0.167. The molecule has 21 heavy (non-hydrogen) atoms. The van der Waals surface area contributed by atoms with Crippen LogP contribution in [0.3, 0.4) is 0 Å². The van der Waals surface area contributed by atoms with E-state index in [2.05, 4.69) is 4.98 Å². The highest BCUT2D eigenvalue weighted by molar-refractivity contribution is 5.85. The molecule has 2 atom stereocenters. The van der Waals surface area contributed by atoms with Crippen LogP contribution >= 0.6 is 0 Å². The molecule has 104 valence electrons. The minimum absolute atomic E-state index is 0.0352. The molecular weight excluding hydrogens is 262 g/mol. The molecule has 3 heteroatoms. The van der Waals surface area contributed by atoms with Crippen molar-refractivity contribution in [2.75, 3.05) is 6.61 Å². The predicted octanol–water partition coefficient (Wildman–Crippen LogP) is 3.44. The van der Waals surface area contributed by atoms with Gasteiger partial charge in [-0.15, -0.1) is 0 Å². The van der Waals surface area contributed by atoms with E-state index >= 15 is 0 Å². The van der Waals surface area contributed by atoms with E-state index in [1.165, 1.54) is 0 Å². The Bertz CT molecular complexity index is 795. The average molecular weight is 277 g/mol. The molecule has 0 saturated carbocycles. The summed E-state index contributed by atoms with van der Waals surface area (Å²) >= 11 is 0. The van der Waals surface area contributed by atoms with E-state index in [1.807, 2.05) is 54.7 Å². The van der Waals surface area contributed by atoms with Crippen LogP contribution in [0.15, 0.2) is 60.9 Å². The Hall–Kier alpha value is -2.39. The molecule has 3 nitrogen and oxygen atoms in total. The number of pyridine rings is 1. The van der Waals surface area contributed by atoms with Gasteiger partial charge < -0.3 is 9.84 Å². The summed E-state index contributed by atoms with van der Waals surface area (Å²) in [6, 6.07) is 15.9. The molecule has 1 aliphatic heterocycles. The summed E-state index contributed by atoms with van der Waals surface area (Å²) in [6.07, 6.45) is 2.99. The van der Waals surface area contributed by atoms with Crippen LogP contribution in [0.1, 0.15) is 23.1 Å². The van der Waals surface area contributed by atoms with Gasteiger partial charge in [-0.05, 0) is 23.1 Å². The highest BCUT2D eigenvalue weighted by Crippen LogP contribution is 2.42. The minimum Gasteiger partial charge on any atom is -0.493 e. The lowest BCUT2D eigenvalue weighted by atomic mass is 9.89. The molecule has 2 heterocycles. The zero-order valence-electron chi connectivity index (χ0n) is 11.4. The molecule has 0 fully saturated rings. The monoisotopic (exact) mass is 277 g/mol. The first kappa shape index (κ1) is 12.4. The van der Waals surface area contributed by atoms with Crippen LogP contribution in [0.25, 0.3) is 10.8 Å². The number of aliphatic hydroxyl groups excluding tert-OH is 1. The van der Waals surface area contributed by atoms with Crippen LogP contribution in [0.5, 0.6) is 5.75 Å². The number of para-hydroxylation sites is 1. The van der Waals surface area contributed by atoms with Crippen molar-refractivity contribution in [3.63, 3.8) is 0 Å². The summed E-state index contributed by atoms with van der Waals surface area (Å²) in [5.41, 5.74) is 1.98. The van der Waals surface area contributed by atoms with Crippen LogP contribution in [-0.4, -0.2) is 16.7 Å². The number of ether oxygens (including phenoxy) is 1. The van der Waals surface area contributed by atoms with Crippen molar-refractivity contribution in [1.82, 2.24) is 4.98 Å². The van der Waals surface area contributed by atoms with Gasteiger partial charge in [-0.3, -0.25) is 4.98 Å². The molecule has 0 radical (unpaired) electrons. The van der Waals surface area contributed by atoms with Crippen molar-refractivity contribution >= 4 is 10.8 Å². The summed E-state index contributed by atoms with van der Waals surface area (Å²) in [4.78, 5) is 4.18. The largest absolute Gasteiger partial charge is 0.493 e. The number of nitrogens with zero attached hydrogens (tertiary/aromatic N) is 1. The van der Waals surface area contributed by atoms with Crippen LogP contribution < -0.4 is 4.74 Å². The topological polar surface area (TPSA) is 42.4 Å². The average Bonchev–Trinajstić information content (AvgIpc) is 2.98. The maximum atomic E-state index is 10.9. The third-order valence-electron chi connectivity index (χ3n) is 4.15. The standard InChI is InChI=1S/C18H15NO2/c20-18(16-11-21-17-7-2-1-5-13(16)17)14-6-3-4-12-8-9-19-10-15(12)14/h1-10,16,18,20H,11H2. The number of fused-ring (bicyclic) bond motifs is 2. The van der Waals surface area contributed by atoms with Crippen molar-refractivity contribution < 1.29 is 9.84 Å². The van der Waals surface area contributed by atoms with Crippen molar-refractivity contribution in [2.45, 2.75) is 12.0 Å². The second-order valence-corrected chi connectivity index (χ2v) is 5.34. The molecule has 2 aromatic carbocycles. The lowest BCUT2D eigenvalue weighted by Gasteiger charge is -2.19. The number of aliphatic hydroxyl groups is 1. The lowest BCUT2D eigenvalue weighted by Crippen LogP contribution is -2.12. The Kier molecular flexibility index (Phi) is 2.86. The maximum absolute atomic E-state index is 10.9. The van der Waals surface area contributed by atoms with Gasteiger partial charge >= 0.3 is 0 Å². The van der Waals surface area contributed by atoms with Gasteiger partial charge in [0.1, 0.15) is 5.75 Å². The van der Waals surface area contributed by atoms with E-state index in [0.717, 1.165) is 27.6 Å². The van der Waals surface area contributed by atoms with E-state index in [-0.39, 0.29) is 5.92 Å². The summed E-state index contributed by atoms with van der Waals surface area (Å²) < 4.78 is 5.69. The molecule has 0 saturated heterocycles. The number of aromatic nitrogens is 1. The Balaban J connectivity index is 1.80. The van der Waals surface area contributed by atoms with Crippen LogP contribution in [-0.2, 0) is 0 Å². The number of rotatable bonds is 2. The van der Waals surface area contributed by atoms with E-state index in [9.17, 15) is 5.11 Å². The van der Waals surface area contributed by atoms with Gasteiger partial charge in [0, 0.05) is 23.3 Å². The molecule has 4 rings (SSSR count). The first-order valence-electron chi connectivity index (χ1n) is 7.07. The lowest BCUT2D eigenvalue weighted by molar-refractivity contribution is 0.131.